The normalized spacial score (nSPS) is 30.2. The Labute approximate surface area is 118 Å². The fourth-order valence-electron chi connectivity index (χ4n) is 2.31. The van der Waals surface area contributed by atoms with E-state index in [9.17, 15) is 10.2 Å². The van der Waals surface area contributed by atoms with Crippen molar-refractivity contribution in [2.45, 2.75) is 29.6 Å². The van der Waals surface area contributed by atoms with Crippen LogP contribution in [0.2, 0.25) is 0 Å². The second-order valence-corrected chi connectivity index (χ2v) is 5.23. The van der Waals surface area contributed by atoms with E-state index in [-0.39, 0.29) is 6.61 Å². The molecule has 1 saturated heterocycles. The summed E-state index contributed by atoms with van der Waals surface area (Å²) >= 11 is 1.42. The number of thioether (sulfide) groups is 1. The molecular formula is C11H14N4O4S. The van der Waals surface area contributed by atoms with E-state index in [1.54, 1.807) is 4.52 Å². The van der Waals surface area contributed by atoms with Crippen LogP contribution < -0.4 is 0 Å². The van der Waals surface area contributed by atoms with Crippen LogP contribution in [0.1, 0.15) is 11.7 Å². The van der Waals surface area contributed by atoms with E-state index in [1.807, 2.05) is 6.26 Å². The van der Waals surface area contributed by atoms with Crippen molar-refractivity contribution in [3.63, 3.8) is 0 Å². The van der Waals surface area contributed by atoms with Gasteiger partial charge in [-0.15, -0.1) is 0 Å². The summed E-state index contributed by atoms with van der Waals surface area (Å²) in [5, 5.41) is 33.8. The Balaban J connectivity index is 2.03. The number of nitrogens with zero attached hydrogens (tertiary/aromatic N) is 4. The molecule has 20 heavy (non-hydrogen) atoms. The predicted molar refractivity (Wildman–Crippen MR) is 69.3 cm³/mol. The molecule has 1 aliphatic rings. The van der Waals surface area contributed by atoms with E-state index in [2.05, 4.69) is 15.1 Å². The number of aromatic nitrogens is 4. The zero-order valence-electron chi connectivity index (χ0n) is 10.6. The first-order valence-electron chi connectivity index (χ1n) is 6.02. The lowest BCUT2D eigenvalue weighted by Crippen LogP contribution is -2.32. The molecule has 0 spiro atoms. The summed E-state index contributed by atoms with van der Waals surface area (Å²) in [6, 6.07) is 0. The summed E-state index contributed by atoms with van der Waals surface area (Å²) in [5.41, 5.74) is 1.07. The van der Waals surface area contributed by atoms with Gasteiger partial charge in [0.15, 0.2) is 10.8 Å². The molecule has 3 rings (SSSR count). The lowest BCUT2D eigenvalue weighted by molar-refractivity contribution is -0.0224. The Kier molecular flexibility index (Phi) is 3.61. The van der Waals surface area contributed by atoms with E-state index in [4.69, 9.17) is 9.84 Å². The van der Waals surface area contributed by atoms with Crippen molar-refractivity contribution < 1.29 is 20.1 Å². The predicted octanol–water partition coefficient (Wildman–Crippen LogP) is -1.000. The Morgan fingerprint density at radius 2 is 2.15 bits per heavy atom. The van der Waals surface area contributed by atoms with Crippen LogP contribution in [0.3, 0.4) is 0 Å². The fraction of sp³-hybridized carbons (Fsp3) is 0.545. The fourth-order valence-corrected chi connectivity index (χ4v) is 2.77. The molecule has 2 aromatic rings. The molecule has 4 atom stereocenters. The van der Waals surface area contributed by atoms with E-state index < -0.39 is 24.4 Å². The molecule has 0 bridgehead atoms. The molecule has 0 radical (unpaired) electrons. The van der Waals surface area contributed by atoms with Gasteiger partial charge in [-0.2, -0.15) is 9.61 Å². The minimum Gasteiger partial charge on any atom is -0.394 e. The summed E-state index contributed by atoms with van der Waals surface area (Å²) < 4.78 is 7.04. The van der Waals surface area contributed by atoms with Crippen molar-refractivity contribution in [1.29, 1.82) is 0 Å². The van der Waals surface area contributed by atoms with Crippen molar-refractivity contribution in [3.05, 3.63) is 18.1 Å². The van der Waals surface area contributed by atoms with Crippen LogP contribution >= 0.6 is 11.8 Å². The highest BCUT2D eigenvalue weighted by molar-refractivity contribution is 7.98. The van der Waals surface area contributed by atoms with Crippen molar-refractivity contribution in [3.8, 4) is 0 Å². The molecule has 8 nitrogen and oxygen atoms in total. The molecule has 1 aliphatic heterocycles. The molecule has 0 saturated carbocycles. The smallest absolute Gasteiger partial charge is 0.192 e. The second kappa shape index (κ2) is 5.26. The van der Waals surface area contributed by atoms with Crippen LogP contribution in [0.4, 0.5) is 0 Å². The Morgan fingerprint density at radius 1 is 1.35 bits per heavy atom. The van der Waals surface area contributed by atoms with Crippen LogP contribution in [0.25, 0.3) is 5.65 Å². The molecular weight excluding hydrogens is 284 g/mol. The molecule has 108 valence electrons. The Morgan fingerprint density at radius 3 is 2.80 bits per heavy atom. The summed E-state index contributed by atoms with van der Waals surface area (Å²) in [6.45, 7) is -0.362. The van der Waals surface area contributed by atoms with E-state index in [0.29, 0.717) is 16.4 Å². The van der Waals surface area contributed by atoms with Crippen LogP contribution in [-0.2, 0) is 4.74 Å². The van der Waals surface area contributed by atoms with Crippen LogP contribution in [0.5, 0.6) is 0 Å². The highest BCUT2D eigenvalue weighted by Crippen LogP contribution is 2.35. The van der Waals surface area contributed by atoms with Gasteiger partial charge in [0.25, 0.3) is 0 Å². The molecule has 0 aliphatic carbocycles. The number of rotatable bonds is 3. The maximum Gasteiger partial charge on any atom is 0.192 e. The third-order valence-corrected chi connectivity index (χ3v) is 3.98. The molecule has 1 fully saturated rings. The summed E-state index contributed by atoms with van der Waals surface area (Å²) in [6.07, 6.45) is 0.957. The number of hydrogen-bond acceptors (Lipinski definition) is 8. The van der Waals surface area contributed by atoms with Crippen molar-refractivity contribution in [2.75, 3.05) is 12.9 Å². The third kappa shape index (κ3) is 1.98. The number of fused-ring (bicyclic) bond motifs is 1. The van der Waals surface area contributed by atoms with Gasteiger partial charge in [0.1, 0.15) is 30.7 Å². The molecule has 0 unspecified atom stereocenters. The van der Waals surface area contributed by atoms with Crippen molar-refractivity contribution in [2.24, 2.45) is 0 Å². The highest BCUT2D eigenvalue weighted by Gasteiger charge is 2.44. The van der Waals surface area contributed by atoms with Gasteiger partial charge < -0.3 is 20.1 Å². The Bertz CT molecular complexity index is 621. The van der Waals surface area contributed by atoms with Crippen molar-refractivity contribution in [1.82, 2.24) is 19.6 Å². The number of aliphatic hydroxyl groups excluding tert-OH is 3. The Hall–Kier alpha value is -1.26. The first-order valence-corrected chi connectivity index (χ1v) is 7.25. The van der Waals surface area contributed by atoms with E-state index in [1.165, 1.54) is 24.3 Å². The van der Waals surface area contributed by atoms with Gasteiger partial charge in [-0.05, 0) is 6.26 Å². The van der Waals surface area contributed by atoms with Gasteiger partial charge in [-0.1, -0.05) is 11.8 Å². The quantitative estimate of drug-likeness (QED) is 0.618. The zero-order valence-corrected chi connectivity index (χ0v) is 11.4. The molecule has 0 aromatic carbocycles. The van der Waals surface area contributed by atoms with Crippen molar-refractivity contribution >= 4 is 17.4 Å². The van der Waals surface area contributed by atoms with E-state index >= 15 is 0 Å². The molecule has 3 N–H and O–H groups in total. The average Bonchev–Trinajstić information content (AvgIpc) is 3.01. The summed E-state index contributed by atoms with van der Waals surface area (Å²) in [4.78, 5) is 8.24. The highest BCUT2D eigenvalue weighted by atomic mass is 32.2. The molecule has 9 heteroatoms. The lowest BCUT2D eigenvalue weighted by Gasteiger charge is -2.12. The minimum atomic E-state index is -1.14. The van der Waals surface area contributed by atoms with Gasteiger partial charge in [0, 0.05) is 5.56 Å². The first kappa shape index (κ1) is 13.7. The maximum atomic E-state index is 10.0. The van der Waals surface area contributed by atoms with Gasteiger partial charge in [-0.25, -0.2) is 9.97 Å². The molecule has 0 amide bonds. The van der Waals surface area contributed by atoms with Gasteiger partial charge in [0.05, 0.1) is 12.8 Å². The molecule has 3 heterocycles. The maximum absolute atomic E-state index is 10.0. The third-order valence-electron chi connectivity index (χ3n) is 3.33. The van der Waals surface area contributed by atoms with Gasteiger partial charge in [-0.3, -0.25) is 0 Å². The van der Waals surface area contributed by atoms with Gasteiger partial charge >= 0.3 is 0 Å². The number of ether oxygens (including phenoxy) is 1. The topological polar surface area (TPSA) is 113 Å². The van der Waals surface area contributed by atoms with Crippen LogP contribution in [-0.4, -0.2) is 66.1 Å². The minimum absolute atomic E-state index is 0.362. The van der Waals surface area contributed by atoms with E-state index in [0.717, 1.165) is 0 Å². The zero-order chi connectivity index (χ0) is 14.3. The standard InChI is InChI=1S/C11H14N4O4S/c1-20-11-13-4-12-10-5(2-14-15(10)11)9-8(18)7(17)6(3-16)19-9/h2,4,6-9,16-18H,3H2,1H3/t6-,7-,8-,9+/m1/s1. The first-order chi connectivity index (χ1) is 9.67. The van der Waals surface area contributed by atoms with Crippen LogP contribution in [0, 0.1) is 0 Å². The SMILES string of the molecule is CSc1ncnc2c([C@@H]3O[C@H](CO)[C@@H](O)[C@H]3O)cnn12. The summed E-state index contributed by atoms with van der Waals surface area (Å²) in [7, 11) is 0. The van der Waals surface area contributed by atoms with Gasteiger partial charge in [0.2, 0.25) is 0 Å². The number of aliphatic hydroxyl groups is 3. The lowest BCUT2D eigenvalue weighted by atomic mass is 10.0. The largest absolute Gasteiger partial charge is 0.394 e. The average molecular weight is 298 g/mol. The second-order valence-electron chi connectivity index (χ2n) is 4.45. The number of hydrogen-bond donors (Lipinski definition) is 3. The summed E-state index contributed by atoms with van der Waals surface area (Å²) in [5.74, 6) is 0. The van der Waals surface area contributed by atoms with Crippen LogP contribution in [0.15, 0.2) is 17.7 Å². The molecule has 2 aromatic heterocycles. The monoisotopic (exact) mass is 298 g/mol.